The molecule has 2 atom stereocenters. The normalized spacial score (nSPS) is 26.4. The Kier molecular flexibility index (Phi) is 3.03. The number of fused-ring (bicyclic) bond motifs is 2. The Labute approximate surface area is 115 Å². The van der Waals surface area contributed by atoms with Crippen molar-refractivity contribution >= 4 is 27.5 Å². The van der Waals surface area contributed by atoms with Gasteiger partial charge in [-0.1, -0.05) is 6.07 Å². The maximum Gasteiger partial charge on any atom is 0.126 e. The number of amidine groups is 1. The van der Waals surface area contributed by atoms with E-state index in [1.165, 1.54) is 0 Å². The molecule has 1 aromatic rings. The molecule has 4 nitrogen and oxygen atoms in total. The minimum Gasteiger partial charge on any atom is -0.384 e. The van der Waals surface area contributed by atoms with Crippen LogP contribution in [0, 0.1) is 5.41 Å². The van der Waals surface area contributed by atoms with Crippen molar-refractivity contribution in [3.05, 3.63) is 28.2 Å². The number of nitrogen functional groups attached to an aromatic ring is 1. The van der Waals surface area contributed by atoms with E-state index >= 15 is 0 Å². The maximum absolute atomic E-state index is 7.74. The average molecular weight is 310 g/mol. The van der Waals surface area contributed by atoms with E-state index in [4.69, 9.17) is 15.9 Å². The molecule has 18 heavy (non-hydrogen) atoms. The Morgan fingerprint density at radius 1 is 1.33 bits per heavy atom. The number of anilines is 1. The molecule has 2 bridgehead atoms. The Bertz CT molecular complexity index is 479. The van der Waals surface area contributed by atoms with Crippen molar-refractivity contribution in [2.75, 3.05) is 18.0 Å². The van der Waals surface area contributed by atoms with Crippen LogP contribution in [0.5, 0.6) is 0 Å². The van der Waals surface area contributed by atoms with Crippen LogP contribution in [-0.4, -0.2) is 31.1 Å². The van der Waals surface area contributed by atoms with Crippen molar-refractivity contribution in [1.29, 1.82) is 5.41 Å². The molecule has 0 radical (unpaired) electrons. The molecule has 3 N–H and O–H groups in total. The van der Waals surface area contributed by atoms with Gasteiger partial charge >= 0.3 is 0 Å². The molecule has 2 saturated heterocycles. The zero-order valence-electron chi connectivity index (χ0n) is 10.0. The second-order valence-corrected chi connectivity index (χ2v) is 5.76. The highest BCUT2D eigenvalue weighted by Gasteiger charge is 2.34. The van der Waals surface area contributed by atoms with Crippen LogP contribution in [0.2, 0.25) is 0 Å². The van der Waals surface area contributed by atoms with E-state index in [-0.39, 0.29) is 5.84 Å². The first-order valence-corrected chi connectivity index (χ1v) is 6.98. The average Bonchev–Trinajstić information content (AvgIpc) is 2.67. The van der Waals surface area contributed by atoms with Gasteiger partial charge in [0, 0.05) is 23.2 Å². The third-order valence-electron chi connectivity index (χ3n) is 3.65. The largest absolute Gasteiger partial charge is 0.384 e. The van der Waals surface area contributed by atoms with E-state index in [0.717, 1.165) is 41.7 Å². The van der Waals surface area contributed by atoms with Gasteiger partial charge in [0.25, 0.3) is 0 Å². The van der Waals surface area contributed by atoms with Crippen molar-refractivity contribution in [1.82, 2.24) is 0 Å². The maximum atomic E-state index is 7.74. The minimum absolute atomic E-state index is 0.108. The van der Waals surface area contributed by atoms with E-state index in [2.05, 4.69) is 20.8 Å². The van der Waals surface area contributed by atoms with Crippen LogP contribution in [0.15, 0.2) is 22.7 Å². The lowest BCUT2D eigenvalue weighted by Crippen LogP contribution is -2.43. The molecular weight excluding hydrogens is 294 g/mol. The number of nitrogens with one attached hydrogen (secondary N) is 1. The summed E-state index contributed by atoms with van der Waals surface area (Å²) < 4.78 is 6.72. The van der Waals surface area contributed by atoms with Crippen LogP contribution in [0.1, 0.15) is 18.4 Å². The quantitative estimate of drug-likeness (QED) is 0.649. The van der Waals surface area contributed by atoms with Gasteiger partial charge in [0.05, 0.1) is 17.8 Å². The summed E-state index contributed by atoms with van der Waals surface area (Å²) in [6.45, 7) is 1.79. The van der Waals surface area contributed by atoms with Crippen LogP contribution < -0.4 is 10.6 Å². The third kappa shape index (κ3) is 2.01. The molecule has 0 aliphatic carbocycles. The fourth-order valence-electron chi connectivity index (χ4n) is 2.85. The first-order valence-electron chi connectivity index (χ1n) is 6.18. The summed E-state index contributed by atoms with van der Waals surface area (Å²) >= 11 is 3.48. The first kappa shape index (κ1) is 12.0. The first-order chi connectivity index (χ1) is 8.65. The lowest BCUT2D eigenvalue weighted by molar-refractivity contribution is 0.0305. The number of rotatable bonds is 2. The smallest absolute Gasteiger partial charge is 0.126 e. The lowest BCUT2D eigenvalue weighted by Gasteiger charge is -2.35. The molecule has 0 saturated carbocycles. The van der Waals surface area contributed by atoms with Crippen molar-refractivity contribution in [3.63, 3.8) is 0 Å². The Hall–Kier alpha value is -1.07. The standard InChI is InChI=1S/C13H16BrN3O/c14-10-2-1-3-11(12(10)13(15)16)17-6-8-4-5-9(7-17)18-8/h1-3,8-9H,4-7H2,(H3,15,16). The van der Waals surface area contributed by atoms with Gasteiger partial charge in [-0.25, -0.2) is 0 Å². The van der Waals surface area contributed by atoms with Crippen LogP contribution in [0.4, 0.5) is 5.69 Å². The van der Waals surface area contributed by atoms with Gasteiger partial charge in [-0.05, 0) is 40.9 Å². The fraction of sp³-hybridized carbons (Fsp3) is 0.462. The predicted octanol–water partition coefficient (Wildman–Crippen LogP) is 2.10. The molecule has 5 heteroatoms. The highest BCUT2D eigenvalue weighted by Crippen LogP contribution is 2.33. The van der Waals surface area contributed by atoms with Crippen molar-refractivity contribution in [2.24, 2.45) is 5.73 Å². The van der Waals surface area contributed by atoms with Crippen LogP contribution in [-0.2, 0) is 4.74 Å². The van der Waals surface area contributed by atoms with E-state index < -0.39 is 0 Å². The number of halogens is 1. The monoisotopic (exact) mass is 309 g/mol. The van der Waals surface area contributed by atoms with Crippen LogP contribution >= 0.6 is 15.9 Å². The molecule has 0 amide bonds. The Balaban J connectivity index is 1.97. The van der Waals surface area contributed by atoms with Crippen LogP contribution in [0.3, 0.4) is 0 Å². The molecule has 0 aromatic heterocycles. The molecule has 1 aromatic carbocycles. The second kappa shape index (κ2) is 4.55. The van der Waals surface area contributed by atoms with Gasteiger partial charge in [0.2, 0.25) is 0 Å². The highest BCUT2D eigenvalue weighted by molar-refractivity contribution is 9.10. The Morgan fingerprint density at radius 2 is 2.00 bits per heavy atom. The van der Waals surface area contributed by atoms with Gasteiger partial charge in [0.1, 0.15) is 5.84 Å². The molecule has 3 rings (SSSR count). The summed E-state index contributed by atoms with van der Waals surface area (Å²) in [4.78, 5) is 2.30. The zero-order valence-corrected chi connectivity index (χ0v) is 11.6. The van der Waals surface area contributed by atoms with Gasteiger partial charge < -0.3 is 15.4 Å². The highest BCUT2D eigenvalue weighted by atomic mass is 79.9. The number of benzene rings is 1. The third-order valence-corrected chi connectivity index (χ3v) is 4.31. The van der Waals surface area contributed by atoms with Crippen LogP contribution in [0.25, 0.3) is 0 Å². The predicted molar refractivity (Wildman–Crippen MR) is 75.3 cm³/mol. The Morgan fingerprint density at radius 3 is 2.61 bits per heavy atom. The molecule has 2 aliphatic heterocycles. The van der Waals surface area contributed by atoms with Crippen molar-refractivity contribution in [3.8, 4) is 0 Å². The summed E-state index contributed by atoms with van der Waals surface area (Å²) in [6, 6.07) is 5.95. The second-order valence-electron chi connectivity index (χ2n) is 4.91. The zero-order chi connectivity index (χ0) is 12.7. The summed E-state index contributed by atoms with van der Waals surface area (Å²) in [5.74, 6) is 0.108. The number of nitrogens with zero attached hydrogens (tertiary/aromatic N) is 1. The number of nitrogens with two attached hydrogens (primary N) is 1. The van der Waals surface area contributed by atoms with E-state index in [1.54, 1.807) is 0 Å². The summed E-state index contributed by atoms with van der Waals surface area (Å²) in [5.41, 5.74) is 7.53. The van der Waals surface area contributed by atoms with E-state index in [0.29, 0.717) is 12.2 Å². The summed E-state index contributed by atoms with van der Waals surface area (Å²) in [7, 11) is 0. The SMILES string of the molecule is N=C(N)c1c(Br)cccc1N1CC2CCC(C1)O2. The number of hydrogen-bond donors (Lipinski definition) is 2. The molecule has 96 valence electrons. The molecule has 2 unspecified atom stereocenters. The number of morpholine rings is 1. The van der Waals surface area contributed by atoms with Gasteiger partial charge in [-0.3, -0.25) is 5.41 Å². The molecule has 0 spiro atoms. The van der Waals surface area contributed by atoms with Gasteiger partial charge in [-0.15, -0.1) is 0 Å². The topological polar surface area (TPSA) is 62.3 Å². The fourth-order valence-corrected chi connectivity index (χ4v) is 3.42. The molecule has 2 aliphatic rings. The van der Waals surface area contributed by atoms with Crippen molar-refractivity contribution < 1.29 is 4.74 Å². The van der Waals surface area contributed by atoms with E-state index in [9.17, 15) is 0 Å². The van der Waals surface area contributed by atoms with E-state index in [1.807, 2.05) is 18.2 Å². The number of ether oxygens (including phenoxy) is 1. The summed E-state index contributed by atoms with van der Waals surface area (Å²) in [6.07, 6.45) is 2.96. The molecule has 2 heterocycles. The van der Waals surface area contributed by atoms with Gasteiger partial charge in [0.15, 0.2) is 0 Å². The number of hydrogen-bond acceptors (Lipinski definition) is 3. The summed E-state index contributed by atoms with van der Waals surface area (Å²) in [5, 5.41) is 7.74. The minimum atomic E-state index is 0.108. The molecular formula is C13H16BrN3O. The lowest BCUT2D eigenvalue weighted by atomic mass is 10.1. The van der Waals surface area contributed by atoms with Crippen molar-refractivity contribution in [2.45, 2.75) is 25.0 Å². The van der Waals surface area contributed by atoms with Gasteiger partial charge in [-0.2, -0.15) is 0 Å². The molecule has 2 fully saturated rings.